The maximum Gasteiger partial charge on any atom is 0.137 e. The SMILES string of the molecule is Cc1ccc(C(c2ccccc2)(n2cncn2)C(C)(C)C)cc1C. The fourth-order valence-electron chi connectivity index (χ4n) is 3.67. The van der Waals surface area contributed by atoms with Gasteiger partial charge >= 0.3 is 0 Å². The first-order valence-electron chi connectivity index (χ1n) is 8.36. The molecule has 1 unspecified atom stereocenters. The Kier molecular flexibility index (Phi) is 4.04. The Hall–Kier alpha value is -2.42. The van der Waals surface area contributed by atoms with Crippen LogP contribution in [0.25, 0.3) is 0 Å². The molecule has 0 aliphatic heterocycles. The Morgan fingerprint density at radius 2 is 1.54 bits per heavy atom. The zero-order chi connectivity index (χ0) is 17.4. The second-order valence-electron chi connectivity index (χ2n) is 7.47. The van der Waals surface area contributed by atoms with Crippen molar-refractivity contribution < 1.29 is 0 Å². The Morgan fingerprint density at radius 3 is 2.08 bits per heavy atom. The summed E-state index contributed by atoms with van der Waals surface area (Å²) in [6.45, 7) is 11.1. The van der Waals surface area contributed by atoms with E-state index in [4.69, 9.17) is 0 Å². The summed E-state index contributed by atoms with van der Waals surface area (Å²) in [5.41, 5.74) is 4.50. The first-order valence-corrected chi connectivity index (χ1v) is 8.36. The van der Waals surface area contributed by atoms with Gasteiger partial charge in [-0.15, -0.1) is 0 Å². The number of hydrogen-bond donors (Lipinski definition) is 0. The predicted octanol–water partition coefficient (Wildman–Crippen LogP) is 4.73. The minimum atomic E-state index is -0.427. The van der Waals surface area contributed by atoms with E-state index >= 15 is 0 Å². The van der Waals surface area contributed by atoms with E-state index in [2.05, 4.69) is 93.2 Å². The molecule has 3 rings (SSSR count). The summed E-state index contributed by atoms with van der Waals surface area (Å²) in [6.07, 6.45) is 3.44. The van der Waals surface area contributed by atoms with E-state index in [0.29, 0.717) is 0 Å². The molecule has 0 fully saturated rings. The van der Waals surface area contributed by atoms with Crippen LogP contribution in [0.1, 0.15) is 43.0 Å². The van der Waals surface area contributed by atoms with Crippen LogP contribution in [-0.2, 0) is 5.54 Å². The monoisotopic (exact) mass is 319 g/mol. The second-order valence-corrected chi connectivity index (χ2v) is 7.47. The molecule has 0 amide bonds. The molecule has 0 aliphatic carbocycles. The van der Waals surface area contributed by atoms with Gasteiger partial charge in [-0.1, -0.05) is 69.3 Å². The largest absolute Gasteiger partial charge is 0.237 e. The van der Waals surface area contributed by atoms with Gasteiger partial charge in [0.1, 0.15) is 18.2 Å². The Morgan fingerprint density at radius 1 is 0.833 bits per heavy atom. The Bertz CT molecular complexity index is 814. The highest BCUT2D eigenvalue weighted by molar-refractivity contribution is 5.44. The zero-order valence-electron chi connectivity index (χ0n) is 15.1. The van der Waals surface area contributed by atoms with Gasteiger partial charge in [-0.3, -0.25) is 0 Å². The first-order chi connectivity index (χ1) is 11.4. The average Bonchev–Trinajstić information content (AvgIpc) is 3.06. The third-order valence-corrected chi connectivity index (χ3v) is 4.96. The van der Waals surface area contributed by atoms with Crippen molar-refractivity contribution in [3.8, 4) is 0 Å². The molecule has 3 aromatic rings. The lowest BCUT2D eigenvalue weighted by molar-refractivity contribution is 0.171. The molecule has 1 heterocycles. The summed E-state index contributed by atoms with van der Waals surface area (Å²) in [4.78, 5) is 4.24. The van der Waals surface area contributed by atoms with E-state index < -0.39 is 5.54 Å². The smallest absolute Gasteiger partial charge is 0.137 e. The molecule has 24 heavy (non-hydrogen) atoms. The highest BCUT2D eigenvalue weighted by Gasteiger charge is 2.47. The van der Waals surface area contributed by atoms with Crippen LogP contribution in [0.4, 0.5) is 0 Å². The van der Waals surface area contributed by atoms with Gasteiger partial charge in [0.05, 0.1) is 0 Å². The normalized spacial score (nSPS) is 14.4. The Balaban J connectivity index is 2.41. The lowest BCUT2D eigenvalue weighted by Gasteiger charge is -2.46. The summed E-state index contributed by atoms with van der Waals surface area (Å²) in [5, 5.41) is 4.57. The fraction of sp³-hybridized carbons (Fsp3) is 0.333. The molecule has 2 aromatic carbocycles. The average molecular weight is 319 g/mol. The summed E-state index contributed by atoms with van der Waals surface area (Å²) < 4.78 is 2.01. The van der Waals surface area contributed by atoms with E-state index in [-0.39, 0.29) is 5.41 Å². The van der Waals surface area contributed by atoms with Crippen LogP contribution in [0, 0.1) is 19.3 Å². The number of aryl methyl sites for hydroxylation is 2. The topological polar surface area (TPSA) is 30.7 Å². The molecule has 3 heteroatoms. The van der Waals surface area contributed by atoms with E-state index in [1.807, 2.05) is 11.0 Å². The quantitative estimate of drug-likeness (QED) is 0.698. The van der Waals surface area contributed by atoms with Crippen molar-refractivity contribution in [1.29, 1.82) is 0 Å². The molecular formula is C21H25N3. The molecular weight excluding hydrogens is 294 g/mol. The highest BCUT2D eigenvalue weighted by atomic mass is 15.4. The molecule has 0 aliphatic rings. The van der Waals surface area contributed by atoms with Crippen molar-refractivity contribution in [3.63, 3.8) is 0 Å². The second kappa shape index (κ2) is 5.90. The molecule has 0 saturated carbocycles. The standard InChI is InChI=1S/C21H25N3/c1-16-11-12-19(13-17(16)2)21(20(3,4)5,24-15-22-14-23-24)18-9-7-6-8-10-18/h6-15H,1-5H3. The minimum Gasteiger partial charge on any atom is -0.237 e. The lowest BCUT2D eigenvalue weighted by atomic mass is 9.65. The number of benzene rings is 2. The lowest BCUT2D eigenvalue weighted by Crippen LogP contribution is -2.48. The number of hydrogen-bond acceptors (Lipinski definition) is 2. The zero-order valence-corrected chi connectivity index (χ0v) is 15.1. The molecule has 0 N–H and O–H groups in total. The van der Waals surface area contributed by atoms with Crippen LogP contribution in [0.3, 0.4) is 0 Å². The van der Waals surface area contributed by atoms with E-state index in [1.165, 1.54) is 22.3 Å². The molecule has 124 valence electrons. The van der Waals surface area contributed by atoms with Crippen LogP contribution in [-0.4, -0.2) is 14.8 Å². The number of aromatic nitrogens is 3. The predicted molar refractivity (Wildman–Crippen MR) is 98.0 cm³/mol. The first kappa shape index (κ1) is 16.4. The van der Waals surface area contributed by atoms with Gasteiger partial charge in [0.25, 0.3) is 0 Å². The van der Waals surface area contributed by atoms with Crippen molar-refractivity contribution in [1.82, 2.24) is 14.8 Å². The van der Waals surface area contributed by atoms with Crippen molar-refractivity contribution >= 4 is 0 Å². The van der Waals surface area contributed by atoms with Gasteiger partial charge in [-0.25, -0.2) is 9.67 Å². The van der Waals surface area contributed by atoms with E-state index in [0.717, 1.165) is 0 Å². The fourth-order valence-corrected chi connectivity index (χ4v) is 3.67. The minimum absolute atomic E-state index is 0.107. The summed E-state index contributed by atoms with van der Waals surface area (Å²) in [7, 11) is 0. The van der Waals surface area contributed by atoms with Gasteiger partial charge in [0.2, 0.25) is 0 Å². The van der Waals surface area contributed by atoms with Crippen LogP contribution in [0.5, 0.6) is 0 Å². The third kappa shape index (κ3) is 2.44. The molecule has 0 bridgehead atoms. The van der Waals surface area contributed by atoms with Gasteiger partial charge in [-0.05, 0) is 41.5 Å². The van der Waals surface area contributed by atoms with Crippen LogP contribution < -0.4 is 0 Å². The van der Waals surface area contributed by atoms with Crippen molar-refractivity contribution in [3.05, 3.63) is 83.4 Å². The van der Waals surface area contributed by atoms with Crippen molar-refractivity contribution in [2.75, 3.05) is 0 Å². The molecule has 1 aromatic heterocycles. The van der Waals surface area contributed by atoms with Gasteiger partial charge in [-0.2, -0.15) is 5.10 Å². The molecule has 0 saturated heterocycles. The third-order valence-electron chi connectivity index (χ3n) is 4.96. The molecule has 0 radical (unpaired) electrons. The summed E-state index contributed by atoms with van der Waals surface area (Å²) in [6, 6.07) is 17.3. The van der Waals surface area contributed by atoms with Crippen LogP contribution >= 0.6 is 0 Å². The highest BCUT2D eigenvalue weighted by Crippen LogP contribution is 2.47. The Labute approximate surface area is 144 Å². The number of rotatable bonds is 3. The van der Waals surface area contributed by atoms with Crippen molar-refractivity contribution in [2.24, 2.45) is 5.41 Å². The molecule has 3 nitrogen and oxygen atoms in total. The molecule has 1 atom stereocenters. The van der Waals surface area contributed by atoms with E-state index in [1.54, 1.807) is 6.33 Å². The maximum atomic E-state index is 4.57. The van der Waals surface area contributed by atoms with Crippen LogP contribution in [0.2, 0.25) is 0 Å². The number of nitrogens with zero attached hydrogens (tertiary/aromatic N) is 3. The molecule has 0 spiro atoms. The summed E-state index contributed by atoms with van der Waals surface area (Å²) >= 11 is 0. The van der Waals surface area contributed by atoms with Gasteiger partial charge < -0.3 is 0 Å². The summed E-state index contributed by atoms with van der Waals surface area (Å²) in [5.74, 6) is 0. The van der Waals surface area contributed by atoms with Gasteiger partial charge in [0, 0.05) is 0 Å². The van der Waals surface area contributed by atoms with Crippen LogP contribution in [0.15, 0.2) is 61.2 Å². The van der Waals surface area contributed by atoms with E-state index in [9.17, 15) is 0 Å². The maximum absolute atomic E-state index is 4.57. The van der Waals surface area contributed by atoms with Crippen molar-refractivity contribution in [2.45, 2.75) is 40.2 Å². The van der Waals surface area contributed by atoms with Gasteiger partial charge in [0.15, 0.2) is 0 Å².